The lowest BCUT2D eigenvalue weighted by molar-refractivity contribution is -0.132. The van der Waals surface area contributed by atoms with Crippen LogP contribution < -0.4 is 15.8 Å². The van der Waals surface area contributed by atoms with Crippen LogP contribution in [0.4, 0.5) is 11.4 Å². The standard InChI is InChI=1S/C19H23N3O3/c1-3-22(4-2)18(23)13-25-17-10-6-9-16(12-17)21-19(24)14-7-5-8-15(20)11-14/h5-12H,3-4,13,20H2,1-2H3,(H,21,24). The van der Waals surface area contributed by atoms with E-state index in [2.05, 4.69) is 5.32 Å². The molecule has 0 atom stereocenters. The molecule has 0 radical (unpaired) electrons. The minimum absolute atomic E-state index is 0.0334. The first kappa shape index (κ1) is 18.3. The summed E-state index contributed by atoms with van der Waals surface area (Å²) in [4.78, 5) is 25.9. The van der Waals surface area contributed by atoms with E-state index < -0.39 is 0 Å². The zero-order valence-electron chi connectivity index (χ0n) is 14.5. The van der Waals surface area contributed by atoms with Gasteiger partial charge in [0.05, 0.1) is 0 Å². The number of carbonyl (C=O) groups excluding carboxylic acids is 2. The number of ether oxygens (including phenoxy) is 1. The Bertz CT molecular complexity index is 742. The minimum atomic E-state index is -0.260. The van der Waals surface area contributed by atoms with Gasteiger partial charge in [0.2, 0.25) is 0 Å². The third kappa shape index (κ3) is 5.24. The van der Waals surface area contributed by atoms with E-state index in [4.69, 9.17) is 10.5 Å². The van der Waals surface area contributed by atoms with Crippen LogP contribution in [0.5, 0.6) is 5.75 Å². The van der Waals surface area contributed by atoms with E-state index in [0.717, 1.165) is 0 Å². The molecule has 6 heteroatoms. The first-order valence-corrected chi connectivity index (χ1v) is 8.21. The Balaban J connectivity index is 1.99. The van der Waals surface area contributed by atoms with Gasteiger partial charge in [-0.25, -0.2) is 0 Å². The van der Waals surface area contributed by atoms with Gasteiger partial charge in [-0.15, -0.1) is 0 Å². The Morgan fingerprint density at radius 1 is 1.08 bits per heavy atom. The summed E-state index contributed by atoms with van der Waals surface area (Å²) >= 11 is 0. The fourth-order valence-electron chi connectivity index (χ4n) is 2.36. The van der Waals surface area contributed by atoms with E-state index in [-0.39, 0.29) is 18.4 Å². The lowest BCUT2D eigenvalue weighted by Gasteiger charge is -2.18. The Hall–Kier alpha value is -3.02. The van der Waals surface area contributed by atoms with Gasteiger partial charge < -0.3 is 20.7 Å². The van der Waals surface area contributed by atoms with E-state index in [9.17, 15) is 9.59 Å². The first-order chi connectivity index (χ1) is 12.0. The lowest BCUT2D eigenvalue weighted by atomic mass is 10.2. The third-order valence-corrected chi connectivity index (χ3v) is 3.72. The Morgan fingerprint density at radius 2 is 1.80 bits per heavy atom. The number of likely N-dealkylation sites (N-methyl/N-ethyl adjacent to an activating group) is 1. The average Bonchev–Trinajstić information content (AvgIpc) is 2.61. The monoisotopic (exact) mass is 341 g/mol. The summed E-state index contributed by atoms with van der Waals surface area (Å²) < 4.78 is 5.54. The van der Waals surface area contributed by atoms with Gasteiger partial charge in [0.25, 0.3) is 11.8 Å². The van der Waals surface area contributed by atoms with Crippen LogP contribution in [0.1, 0.15) is 24.2 Å². The zero-order chi connectivity index (χ0) is 18.2. The summed E-state index contributed by atoms with van der Waals surface area (Å²) in [5.74, 6) is 0.189. The van der Waals surface area contributed by atoms with Crippen LogP contribution in [0.3, 0.4) is 0 Å². The molecule has 0 fully saturated rings. The molecule has 0 saturated carbocycles. The van der Waals surface area contributed by atoms with Gasteiger partial charge in [-0.2, -0.15) is 0 Å². The molecule has 0 unspecified atom stereocenters. The summed E-state index contributed by atoms with van der Waals surface area (Å²) in [5, 5.41) is 2.79. The third-order valence-electron chi connectivity index (χ3n) is 3.72. The van der Waals surface area contributed by atoms with Crippen molar-refractivity contribution in [1.82, 2.24) is 4.90 Å². The predicted molar refractivity (Wildman–Crippen MR) is 98.7 cm³/mol. The van der Waals surface area contributed by atoms with Crippen molar-refractivity contribution < 1.29 is 14.3 Å². The maximum atomic E-state index is 12.2. The van der Waals surface area contributed by atoms with Gasteiger partial charge in [0, 0.05) is 36.1 Å². The van der Waals surface area contributed by atoms with E-state index in [0.29, 0.717) is 35.8 Å². The van der Waals surface area contributed by atoms with Gasteiger partial charge >= 0.3 is 0 Å². The number of nitrogens with one attached hydrogen (secondary N) is 1. The summed E-state index contributed by atoms with van der Waals surface area (Å²) in [6, 6.07) is 13.7. The summed E-state index contributed by atoms with van der Waals surface area (Å²) in [5.41, 5.74) is 7.28. The Labute approximate surface area is 147 Å². The number of hydrogen-bond donors (Lipinski definition) is 2. The Kier molecular flexibility index (Phi) is 6.39. The van der Waals surface area contributed by atoms with Crippen molar-refractivity contribution in [2.75, 3.05) is 30.7 Å². The van der Waals surface area contributed by atoms with Gasteiger partial charge in [-0.3, -0.25) is 9.59 Å². The second kappa shape index (κ2) is 8.73. The number of benzene rings is 2. The van der Waals surface area contributed by atoms with Gasteiger partial charge in [-0.1, -0.05) is 12.1 Å². The second-order valence-corrected chi connectivity index (χ2v) is 5.46. The van der Waals surface area contributed by atoms with Crippen molar-refractivity contribution in [3.05, 3.63) is 54.1 Å². The molecule has 0 aliphatic rings. The molecule has 0 spiro atoms. The lowest BCUT2D eigenvalue weighted by Crippen LogP contribution is -2.34. The quantitative estimate of drug-likeness (QED) is 0.759. The molecule has 0 aliphatic heterocycles. The van der Waals surface area contributed by atoms with E-state index in [1.165, 1.54) is 0 Å². The van der Waals surface area contributed by atoms with Crippen molar-refractivity contribution >= 4 is 23.2 Å². The highest BCUT2D eigenvalue weighted by Gasteiger charge is 2.11. The highest BCUT2D eigenvalue weighted by molar-refractivity contribution is 6.04. The molecule has 0 saturated heterocycles. The fourth-order valence-corrected chi connectivity index (χ4v) is 2.36. The summed E-state index contributed by atoms with van der Waals surface area (Å²) in [6.07, 6.45) is 0. The predicted octanol–water partition coefficient (Wildman–Crippen LogP) is 2.77. The largest absolute Gasteiger partial charge is 0.484 e. The number of nitrogen functional groups attached to an aromatic ring is 1. The van der Waals surface area contributed by atoms with Crippen molar-refractivity contribution in [2.45, 2.75) is 13.8 Å². The van der Waals surface area contributed by atoms with E-state index in [1.807, 2.05) is 13.8 Å². The maximum absolute atomic E-state index is 12.2. The van der Waals surface area contributed by atoms with Crippen molar-refractivity contribution in [3.63, 3.8) is 0 Å². The molecule has 6 nitrogen and oxygen atoms in total. The van der Waals surface area contributed by atoms with Crippen LogP contribution in [-0.2, 0) is 4.79 Å². The van der Waals surface area contributed by atoms with Crippen molar-refractivity contribution in [1.29, 1.82) is 0 Å². The van der Waals surface area contributed by atoms with Crippen LogP contribution in [0.25, 0.3) is 0 Å². The average molecular weight is 341 g/mol. The number of nitrogens with two attached hydrogens (primary N) is 1. The van der Waals surface area contributed by atoms with Gasteiger partial charge in [-0.05, 0) is 44.2 Å². The molecule has 0 heterocycles. The maximum Gasteiger partial charge on any atom is 0.260 e. The van der Waals surface area contributed by atoms with Crippen LogP contribution in [-0.4, -0.2) is 36.4 Å². The minimum Gasteiger partial charge on any atom is -0.484 e. The molecule has 3 N–H and O–H groups in total. The fraction of sp³-hybridized carbons (Fsp3) is 0.263. The van der Waals surface area contributed by atoms with Gasteiger partial charge in [0.1, 0.15) is 5.75 Å². The molecule has 2 aromatic carbocycles. The normalized spacial score (nSPS) is 10.2. The number of anilines is 2. The van der Waals surface area contributed by atoms with Crippen LogP contribution >= 0.6 is 0 Å². The second-order valence-electron chi connectivity index (χ2n) is 5.46. The Morgan fingerprint density at radius 3 is 2.48 bits per heavy atom. The van der Waals surface area contributed by atoms with Crippen LogP contribution in [0.2, 0.25) is 0 Å². The molecule has 2 amide bonds. The van der Waals surface area contributed by atoms with Crippen molar-refractivity contribution in [2.24, 2.45) is 0 Å². The molecular weight excluding hydrogens is 318 g/mol. The topological polar surface area (TPSA) is 84.7 Å². The molecule has 0 aliphatic carbocycles. The highest BCUT2D eigenvalue weighted by atomic mass is 16.5. The molecule has 25 heavy (non-hydrogen) atoms. The number of amides is 2. The van der Waals surface area contributed by atoms with Gasteiger partial charge in [0.15, 0.2) is 6.61 Å². The first-order valence-electron chi connectivity index (χ1n) is 8.21. The van der Waals surface area contributed by atoms with E-state index in [1.54, 1.807) is 53.4 Å². The van der Waals surface area contributed by atoms with Crippen LogP contribution in [0, 0.1) is 0 Å². The zero-order valence-corrected chi connectivity index (χ0v) is 14.5. The number of nitrogens with zero attached hydrogens (tertiary/aromatic N) is 1. The molecule has 0 aromatic heterocycles. The SMILES string of the molecule is CCN(CC)C(=O)COc1cccc(NC(=O)c2cccc(N)c2)c1. The number of rotatable bonds is 7. The summed E-state index contributed by atoms with van der Waals surface area (Å²) in [7, 11) is 0. The van der Waals surface area contributed by atoms with Crippen molar-refractivity contribution in [3.8, 4) is 5.75 Å². The molecule has 2 rings (SSSR count). The molecule has 132 valence electrons. The number of carbonyl (C=O) groups is 2. The van der Waals surface area contributed by atoms with Crippen LogP contribution in [0.15, 0.2) is 48.5 Å². The van der Waals surface area contributed by atoms with E-state index >= 15 is 0 Å². The molecular formula is C19H23N3O3. The number of hydrogen-bond acceptors (Lipinski definition) is 4. The summed E-state index contributed by atoms with van der Waals surface area (Å²) in [6.45, 7) is 5.11. The highest BCUT2D eigenvalue weighted by Crippen LogP contribution is 2.18. The molecule has 2 aromatic rings. The molecule has 0 bridgehead atoms. The smallest absolute Gasteiger partial charge is 0.260 e.